The lowest BCUT2D eigenvalue weighted by atomic mass is 10.1. The van der Waals surface area contributed by atoms with Gasteiger partial charge >= 0.3 is 0 Å². The average molecular weight is 418 g/mol. The van der Waals surface area contributed by atoms with Crippen molar-refractivity contribution in [1.29, 1.82) is 0 Å². The quantitative estimate of drug-likeness (QED) is 0.805. The average Bonchev–Trinajstić information content (AvgIpc) is 2.86. The van der Waals surface area contributed by atoms with E-state index in [4.69, 9.17) is 4.74 Å². The topological polar surface area (TPSA) is 52.0 Å². The van der Waals surface area contributed by atoms with Gasteiger partial charge in [-0.1, -0.05) is 0 Å². The van der Waals surface area contributed by atoms with Crippen LogP contribution >= 0.6 is 31.9 Å². The van der Waals surface area contributed by atoms with Crippen LogP contribution in [-0.4, -0.2) is 28.9 Å². The first kappa shape index (κ1) is 16.5. The van der Waals surface area contributed by atoms with Gasteiger partial charge in [-0.25, -0.2) is 0 Å². The van der Waals surface area contributed by atoms with E-state index in [9.17, 15) is 0 Å². The number of hydrogen-bond donors (Lipinski definition) is 1. The van der Waals surface area contributed by atoms with Crippen molar-refractivity contribution >= 4 is 31.9 Å². The molecular formula is C14H18Br2N4O. The first-order chi connectivity index (χ1) is 9.99. The van der Waals surface area contributed by atoms with E-state index in [1.807, 2.05) is 17.8 Å². The summed E-state index contributed by atoms with van der Waals surface area (Å²) in [5.74, 6) is 0.750. The van der Waals surface area contributed by atoms with Crippen molar-refractivity contribution in [2.45, 2.75) is 25.9 Å². The zero-order chi connectivity index (χ0) is 15.6. The molecule has 2 heterocycles. The Morgan fingerprint density at radius 1 is 1.29 bits per heavy atom. The Bertz CT molecular complexity index is 627. The highest BCUT2D eigenvalue weighted by atomic mass is 79.9. The van der Waals surface area contributed by atoms with E-state index >= 15 is 0 Å². The molecule has 0 radical (unpaired) electrons. The van der Waals surface area contributed by atoms with Crippen LogP contribution in [0.5, 0.6) is 5.75 Å². The zero-order valence-corrected chi connectivity index (χ0v) is 15.6. The third kappa shape index (κ3) is 3.30. The fourth-order valence-corrected chi connectivity index (χ4v) is 3.46. The Morgan fingerprint density at radius 3 is 2.52 bits per heavy atom. The molecule has 0 aliphatic rings. The van der Waals surface area contributed by atoms with E-state index in [0.29, 0.717) is 0 Å². The van der Waals surface area contributed by atoms with Crippen LogP contribution in [0.25, 0.3) is 0 Å². The van der Waals surface area contributed by atoms with Gasteiger partial charge in [0, 0.05) is 21.2 Å². The maximum absolute atomic E-state index is 5.47. The first-order valence-electron chi connectivity index (χ1n) is 6.59. The van der Waals surface area contributed by atoms with E-state index in [0.717, 1.165) is 26.1 Å². The summed E-state index contributed by atoms with van der Waals surface area (Å²) in [5, 5.41) is 7.73. The Labute approximate surface area is 141 Å². The predicted octanol–water partition coefficient (Wildman–Crippen LogP) is 3.70. The first-order valence-corrected chi connectivity index (χ1v) is 8.17. The van der Waals surface area contributed by atoms with Gasteiger partial charge in [0.15, 0.2) is 5.75 Å². The van der Waals surface area contributed by atoms with E-state index in [1.54, 1.807) is 19.5 Å². The second-order valence-corrected chi connectivity index (χ2v) is 6.65. The minimum Gasteiger partial charge on any atom is -0.493 e. The summed E-state index contributed by atoms with van der Waals surface area (Å²) >= 11 is 7.01. The molecule has 0 saturated carbocycles. The molecule has 0 bridgehead atoms. The van der Waals surface area contributed by atoms with Crippen LogP contribution in [0.4, 0.5) is 0 Å². The van der Waals surface area contributed by atoms with Gasteiger partial charge in [0.1, 0.15) is 5.69 Å². The fraction of sp³-hybridized carbons (Fsp3) is 0.429. The second kappa shape index (κ2) is 6.89. The van der Waals surface area contributed by atoms with Crippen LogP contribution in [0.3, 0.4) is 0 Å². The Morgan fingerprint density at radius 2 is 2.00 bits per heavy atom. The summed E-state index contributed by atoms with van der Waals surface area (Å²) in [5.41, 5.74) is 1.85. The number of ether oxygens (including phenoxy) is 1. The van der Waals surface area contributed by atoms with Gasteiger partial charge in [-0.05, 0) is 58.8 Å². The summed E-state index contributed by atoms with van der Waals surface area (Å²) in [4.78, 5) is 4.53. The van der Waals surface area contributed by atoms with Crippen LogP contribution in [0.1, 0.15) is 37.3 Å². The molecule has 7 heteroatoms. The maximum atomic E-state index is 5.47. The molecule has 0 aromatic carbocycles. The molecule has 1 N–H and O–H groups in total. The van der Waals surface area contributed by atoms with Gasteiger partial charge in [-0.3, -0.25) is 9.67 Å². The number of hydrogen-bond acceptors (Lipinski definition) is 4. The minimum absolute atomic E-state index is 0.118. The highest BCUT2D eigenvalue weighted by Crippen LogP contribution is 2.34. The molecule has 0 aliphatic carbocycles. The van der Waals surface area contributed by atoms with Crippen LogP contribution in [0.15, 0.2) is 27.4 Å². The van der Waals surface area contributed by atoms with Gasteiger partial charge in [0.2, 0.25) is 0 Å². The summed E-state index contributed by atoms with van der Waals surface area (Å²) in [6, 6.07) is 2.09. The number of rotatable bonds is 5. The third-order valence-corrected chi connectivity index (χ3v) is 4.25. The van der Waals surface area contributed by atoms with Crippen molar-refractivity contribution in [3.63, 3.8) is 0 Å². The number of halogens is 2. The lowest BCUT2D eigenvalue weighted by molar-refractivity contribution is 0.395. The van der Waals surface area contributed by atoms with Gasteiger partial charge in [-0.2, -0.15) is 5.10 Å². The molecule has 1 atom stereocenters. The molecule has 0 fully saturated rings. The molecule has 0 saturated heterocycles. The Balaban J connectivity index is 2.58. The van der Waals surface area contributed by atoms with Crippen LogP contribution in [0.2, 0.25) is 0 Å². The van der Waals surface area contributed by atoms with Crippen LogP contribution in [-0.2, 0) is 0 Å². The van der Waals surface area contributed by atoms with Crippen molar-refractivity contribution < 1.29 is 4.74 Å². The highest BCUT2D eigenvalue weighted by Gasteiger charge is 2.26. The minimum atomic E-state index is -0.118. The maximum Gasteiger partial charge on any atom is 0.162 e. The van der Waals surface area contributed by atoms with Gasteiger partial charge in [0.25, 0.3) is 0 Å². The molecule has 5 nitrogen and oxygen atoms in total. The number of nitrogens with zero attached hydrogens (tertiary/aromatic N) is 3. The van der Waals surface area contributed by atoms with Crippen molar-refractivity contribution in [2.75, 3.05) is 14.2 Å². The predicted molar refractivity (Wildman–Crippen MR) is 89.7 cm³/mol. The molecular weight excluding hydrogens is 400 g/mol. The molecule has 0 spiro atoms. The SMILES string of the molecule is CNC(c1ncc(Br)cc1Br)c1c(OC)cnn1C(C)C. The largest absolute Gasteiger partial charge is 0.493 e. The lowest BCUT2D eigenvalue weighted by Gasteiger charge is -2.21. The van der Waals surface area contributed by atoms with E-state index < -0.39 is 0 Å². The summed E-state index contributed by atoms with van der Waals surface area (Å²) in [7, 11) is 3.56. The fourth-order valence-electron chi connectivity index (χ4n) is 2.24. The van der Waals surface area contributed by atoms with Gasteiger partial charge in [0.05, 0.1) is 25.0 Å². The third-order valence-electron chi connectivity index (χ3n) is 3.18. The number of methoxy groups -OCH3 is 1. The summed E-state index contributed by atoms with van der Waals surface area (Å²) in [6.07, 6.45) is 3.53. The molecule has 0 aliphatic heterocycles. The zero-order valence-electron chi connectivity index (χ0n) is 12.4. The molecule has 1 unspecified atom stereocenters. The Kier molecular flexibility index (Phi) is 5.40. The normalized spacial score (nSPS) is 12.7. The molecule has 0 amide bonds. The molecule has 21 heavy (non-hydrogen) atoms. The number of pyridine rings is 1. The molecule has 2 rings (SSSR count). The van der Waals surface area contributed by atoms with Gasteiger partial charge < -0.3 is 10.1 Å². The van der Waals surface area contributed by atoms with Crippen molar-refractivity contribution in [3.05, 3.63) is 38.8 Å². The molecule has 2 aromatic rings. The standard InChI is InChI=1S/C14H18Br2N4O/c1-8(2)20-14(11(21-4)7-19-20)13(17-3)12-10(16)5-9(15)6-18-12/h5-8,13,17H,1-4H3. The molecule has 2 aromatic heterocycles. The van der Waals surface area contributed by atoms with Gasteiger partial charge in [-0.15, -0.1) is 0 Å². The second-order valence-electron chi connectivity index (χ2n) is 4.88. The highest BCUT2D eigenvalue weighted by molar-refractivity contribution is 9.11. The summed E-state index contributed by atoms with van der Waals surface area (Å²) in [6.45, 7) is 4.18. The molecule has 114 valence electrons. The monoisotopic (exact) mass is 416 g/mol. The Hall–Kier alpha value is -0.920. The smallest absolute Gasteiger partial charge is 0.162 e. The van der Waals surface area contributed by atoms with E-state index in [-0.39, 0.29) is 12.1 Å². The van der Waals surface area contributed by atoms with Crippen molar-refractivity contribution in [2.24, 2.45) is 0 Å². The van der Waals surface area contributed by atoms with Crippen LogP contribution in [0, 0.1) is 0 Å². The number of aromatic nitrogens is 3. The van der Waals surface area contributed by atoms with Crippen LogP contribution < -0.4 is 10.1 Å². The van der Waals surface area contributed by atoms with Crippen molar-refractivity contribution in [3.8, 4) is 5.75 Å². The van der Waals surface area contributed by atoms with E-state index in [2.05, 4.69) is 61.1 Å². The number of nitrogens with one attached hydrogen (secondary N) is 1. The lowest BCUT2D eigenvalue weighted by Crippen LogP contribution is -2.24. The summed E-state index contributed by atoms with van der Waals surface area (Å²) < 4.78 is 9.28. The van der Waals surface area contributed by atoms with E-state index in [1.165, 1.54) is 0 Å². The van der Waals surface area contributed by atoms with Crippen molar-refractivity contribution in [1.82, 2.24) is 20.1 Å².